The Bertz CT molecular complexity index is 1250. The Morgan fingerprint density at radius 1 is 1.00 bits per heavy atom. The third-order valence-corrected chi connectivity index (χ3v) is 4.80. The molecule has 0 unspecified atom stereocenters. The van der Waals surface area contributed by atoms with Crippen molar-refractivity contribution in [3.05, 3.63) is 99.6 Å². The molecule has 0 amide bonds. The Labute approximate surface area is 179 Å². The summed E-state index contributed by atoms with van der Waals surface area (Å²) in [6.45, 7) is 2.05. The van der Waals surface area contributed by atoms with Gasteiger partial charge in [0.1, 0.15) is 17.3 Å². The topological polar surface area (TPSA) is 56.5 Å². The number of fused-ring (bicyclic) bond motifs is 1. The predicted molar refractivity (Wildman–Crippen MR) is 121 cm³/mol. The lowest BCUT2D eigenvalue weighted by molar-refractivity contribution is 0.482. The Balaban J connectivity index is 1.59. The minimum atomic E-state index is -0.164. The van der Waals surface area contributed by atoms with E-state index in [1.165, 1.54) is 4.68 Å². The zero-order valence-electron chi connectivity index (χ0n) is 16.5. The van der Waals surface area contributed by atoms with Crippen molar-refractivity contribution >= 4 is 28.7 Å². The fraction of sp³-hybridized carbons (Fsp3) is 0.125. The van der Waals surface area contributed by atoms with Crippen molar-refractivity contribution in [2.45, 2.75) is 19.8 Å². The highest BCUT2D eigenvalue weighted by molar-refractivity contribution is 6.30. The number of aromatic nitrogens is 2. The summed E-state index contributed by atoms with van der Waals surface area (Å²) in [6.07, 6.45) is 3.20. The maximum absolute atomic E-state index is 12.9. The summed E-state index contributed by atoms with van der Waals surface area (Å²) >= 11 is 5.90. The molecule has 0 N–H and O–H groups in total. The number of benzene rings is 3. The normalized spacial score (nSPS) is 11.3. The SMILES string of the molecule is CCCc1nc2ccccc2c(=O)n1/N=C/c1ccc(Oc2ccc(Cl)cc2)cc1. The second-order valence-electron chi connectivity index (χ2n) is 6.78. The zero-order chi connectivity index (χ0) is 20.9. The van der Waals surface area contributed by atoms with Crippen molar-refractivity contribution < 1.29 is 4.74 Å². The maximum atomic E-state index is 12.9. The first-order valence-corrected chi connectivity index (χ1v) is 10.1. The Kier molecular flexibility index (Phi) is 5.91. The van der Waals surface area contributed by atoms with Crippen LogP contribution in [-0.4, -0.2) is 15.9 Å². The van der Waals surface area contributed by atoms with Gasteiger partial charge in [0.05, 0.1) is 17.1 Å². The molecule has 0 aliphatic rings. The van der Waals surface area contributed by atoms with E-state index in [2.05, 4.69) is 17.0 Å². The van der Waals surface area contributed by atoms with Gasteiger partial charge in [0.2, 0.25) is 0 Å². The number of rotatable bonds is 6. The minimum Gasteiger partial charge on any atom is -0.457 e. The van der Waals surface area contributed by atoms with Crippen molar-refractivity contribution in [1.29, 1.82) is 0 Å². The van der Waals surface area contributed by atoms with E-state index in [9.17, 15) is 4.79 Å². The second-order valence-corrected chi connectivity index (χ2v) is 7.22. The van der Waals surface area contributed by atoms with Crippen LogP contribution in [0.1, 0.15) is 24.7 Å². The van der Waals surface area contributed by atoms with Crippen LogP contribution in [0.4, 0.5) is 0 Å². The number of hydrogen-bond acceptors (Lipinski definition) is 4. The van der Waals surface area contributed by atoms with Crippen LogP contribution in [0.2, 0.25) is 5.02 Å². The van der Waals surface area contributed by atoms with Crippen LogP contribution in [0.3, 0.4) is 0 Å². The molecule has 150 valence electrons. The van der Waals surface area contributed by atoms with Gasteiger partial charge in [-0.25, -0.2) is 4.98 Å². The van der Waals surface area contributed by atoms with Crippen molar-refractivity contribution in [2.75, 3.05) is 0 Å². The number of nitrogens with zero attached hydrogens (tertiary/aromatic N) is 3. The molecule has 0 atom stereocenters. The van der Waals surface area contributed by atoms with E-state index >= 15 is 0 Å². The number of para-hydroxylation sites is 1. The van der Waals surface area contributed by atoms with Crippen molar-refractivity contribution in [2.24, 2.45) is 5.10 Å². The van der Waals surface area contributed by atoms with E-state index in [1.807, 2.05) is 54.6 Å². The average Bonchev–Trinajstić information content (AvgIpc) is 2.76. The maximum Gasteiger partial charge on any atom is 0.282 e. The van der Waals surface area contributed by atoms with Gasteiger partial charge in [0.25, 0.3) is 5.56 Å². The Morgan fingerprint density at radius 3 is 2.37 bits per heavy atom. The molecule has 1 heterocycles. The summed E-state index contributed by atoms with van der Waals surface area (Å²) in [6, 6.07) is 22.0. The van der Waals surface area contributed by atoms with Gasteiger partial charge in [-0.05, 0) is 72.6 Å². The van der Waals surface area contributed by atoms with Gasteiger partial charge in [-0.2, -0.15) is 9.78 Å². The molecule has 0 fully saturated rings. The van der Waals surface area contributed by atoms with Gasteiger partial charge >= 0.3 is 0 Å². The lowest BCUT2D eigenvalue weighted by atomic mass is 10.2. The number of halogens is 1. The molecule has 0 saturated carbocycles. The molecule has 30 heavy (non-hydrogen) atoms. The van der Waals surface area contributed by atoms with Crippen molar-refractivity contribution in [1.82, 2.24) is 9.66 Å². The molecule has 0 bridgehead atoms. The van der Waals surface area contributed by atoms with E-state index < -0.39 is 0 Å². The van der Waals surface area contributed by atoms with Gasteiger partial charge in [0, 0.05) is 11.4 Å². The highest BCUT2D eigenvalue weighted by Gasteiger charge is 2.09. The third-order valence-electron chi connectivity index (χ3n) is 4.55. The number of hydrogen-bond donors (Lipinski definition) is 0. The lowest BCUT2D eigenvalue weighted by Crippen LogP contribution is -2.22. The summed E-state index contributed by atoms with van der Waals surface area (Å²) in [5.41, 5.74) is 1.38. The first-order chi connectivity index (χ1) is 14.6. The van der Waals surface area contributed by atoms with Crippen LogP contribution in [0, 0.1) is 0 Å². The molecule has 0 aliphatic carbocycles. The first kappa shape index (κ1) is 19.9. The summed E-state index contributed by atoms with van der Waals surface area (Å²) in [5, 5.41) is 5.65. The molecular weight excluding hydrogens is 398 g/mol. The molecule has 3 aromatic carbocycles. The number of aryl methyl sites for hydroxylation is 1. The molecular formula is C24H20ClN3O2. The van der Waals surface area contributed by atoms with Crippen LogP contribution in [0.5, 0.6) is 11.5 Å². The quantitative estimate of drug-likeness (QED) is 0.379. The first-order valence-electron chi connectivity index (χ1n) is 9.72. The Hall–Kier alpha value is -3.44. The molecule has 0 saturated heterocycles. The largest absolute Gasteiger partial charge is 0.457 e. The van der Waals surface area contributed by atoms with Crippen molar-refractivity contribution in [3.63, 3.8) is 0 Å². The smallest absolute Gasteiger partial charge is 0.282 e. The van der Waals surface area contributed by atoms with Gasteiger partial charge < -0.3 is 4.74 Å². The zero-order valence-corrected chi connectivity index (χ0v) is 17.2. The fourth-order valence-electron chi connectivity index (χ4n) is 3.06. The van der Waals surface area contributed by atoms with E-state index in [0.717, 1.165) is 12.0 Å². The van der Waals surface area contributed by atoms with Crippen molar-refractivity contribution in [3.8, 4) is 11.5 Å². The number of ether oxygens (including phenoxy) is 1. The van der Waals surface area contributed by atoms with E-state index in [-0.39, 0.29) is 5.56 Å². The summed E-state index contributed by atoms with van der Waals surface area (Å²) in [7, 11) is 0. The van der Waals surface area contributed by atoms with Crippen LogP contribution >= 0.6 is 11.6 Å². The average molecular weight is 418 g/mol. The lowest BCUT2D eigenvalue weighted by Gasteiger charge is -2.08. The van der Waals surface area contributed by atoms with Crippen LogP contribution < -0.4 is 10.3 Å². The molecule has 0 spiro atoms. The van der Waals surface area contributed by atoms with Crippen LogP contribution in [0.15, 0.2) is 82.7 Å². The van der Waals surface area contributed by atoms with E-state index in [0.29, 0.717) is 39.7 Å². The predicted octanol–water partition coefficient (Wildman–Crippen LogP) is 5.68. The summed E-state index contributed by atoms with van der Waals surface area (Å²) in [4.78, 5) is 17.5. The third kappa shape index (κ3) is 4.42. The van der Waals surface area contributed by atoms with Gasteiger partial charge in [0.15, 0.2) is 0 Å². The van der Waals surface area contributed by atoms with Gasteiger partial charge in [-0.15, -0.1) is 0 Å². The van der Waals surface area contributed by atoms with E-state index in [1.54, 1.807) is 24.4 Å². The highest BCUT2D eigenvalue weighted by atomic mass is 35.5. The molecule has 5 nitrogen and oxygen atoms in total. The minimum absolute atomic E-state index is 0.164. The molecule has 4 aromatic rings. The molecule has 1 aromatic heterocycles. The monoisotopic (exact) mass is 417 g/mol. The highest BCUT2D eigenvalue weighted by Crippen LogP contribution is 2.23. The standard InChI is InChI=1S/C24H20ClN3O2/c1-2-5-23-27-22-7-4-3-6-21(22)24(29)28(23)26-16-17-8-12-19(13-9-17)30-20-14-10-18(25)11-15-20/h3-4,6-16H,2,5H2,1H3/b26-16+. The van der Waals surface area contributed by atoms with Gasteiger partial charge in [-0.1, -0.05) is 30.7 Å². The summed E-state index contributed by atoms with van der Waals surface area (Å²) < 4.78 is 7.19. The molecule has 0 radical (unpaired) electrons. The second kappa shape index (κ2) is 8.93. The molecule has 4 rings (SSSR count). The summed E-state index contributed by atoms with van der Waals surface area (Å²) in [5.74, 6) is 2.06. The molecule has 0 aliphatic heterocycles. The fourth-order valence-corrected chi connectivity index (χ4v) is 3.19. The van der Waals surface area contributed by atoms with Crippen LogP contribution in [-0.2, 0) is 6.42 Å². The van der Waals surface area contributed by atoms with Gasteiger partial charge in [-0.3, -0.25) is 4.79 Å². The Morgan fingerprint density at radius 2 is 1.67 bits per heavy atom. The van der Waals surface area contributed by atoms with E-state index in [4.69, 9.17) is 16.3 Å². The van der Waals surface area contributed by atoms with Crippen LogP contribution in [0.25, 0.3) is 10.9 Å². The molecule has 6 heteroatoms.